The van der Waals surface area contributed by atoms with Crippen LogP contribution in [-0.4, -0.2) is 9.55 Å². The molecule has 11 aromatic carbocycles. The summed E-state index contributed by atoms with van der Waals surface area (Å²) >= 11 is 0. The Bertz CT molecular complexity index is 4160. The van der Waals surface area contributed by atoms with E-state index in [9.17, 15) is 0 Å². The Hall–Kier alpha value is -8.59. The number of rotatable bonds is 5. The van der Waals surface area contributed by atoms with Crippen LogP contribution in [0.2, 0.25) is 0 Å². The molecule has 0 fully saturated rings. The molecule has 1 aliphatic carbocycles. The van der Waals surface area contributed by atoms with Gasteiger partial charge in [-0.25, -0.2) is 4.98 Å². The molecule has 0 saturated heterocycles. The van der Waals surface area contributed by atoms with Crippen molar-refractivity contribution in [3.8, 4) is 61.6 Å². The smallest absolute Gasteiger partial charge is 0.0730 e. The molecule has 2 aromatic heterocycles. The lowest BCUT2D eigenvalue weighted by atomic mass is 9.82. The molecular formula is C66H44N2. The molecule has 14 rings (SSSR count). The molecule has 2 heterocycles. The van der Waals surface area contributed by atoms with Crippen LogP contribution in [0.15, 0.2) is 231 Å². The molecule has 0 aliphatic heterocycles. The van der Waals surface area contributed by atoms with Gasteiger partial charge in [-0.05, 0) is 142 Å². The standard InChI is InChI=1S/C66H44N2/c1-66(2)60-24-14-13-23-53(60)57-35-47(28-31-61(57)66)46-27-30-52-50-21-11-12-22-51(50)56-40-65-59(39-55(56)54(52)34-46)58-36-48(45-26-25-41-15-9-10-20-44(41)33-45)29-32-64(58)68(65)49-37-62(42-16-5-3-6-17-42)67-63(38-49)43-18-7-4-8-19-43/h3-40H,1-2H3. The van der Waals surface area contributed by atoms with Crippen LogP contribution in [0.3, 0.4) is 0 Å². The first-order valence-corrected chi connectivity index (χ1v) is 23.7. The summed E-state index contributed by atoms with van der Waals surface area (Å²) in [7, 11) is 0. The molecule has 0 N–H and O–H groups in total. The largest absolute Gasteiger partial charge is 0.309 e. The lowest BCUT2D eigenvalue weighted by molar-refractivity contribution is 0.660. The normalized spacial score (nSPS) is 13.0. The average Bonchev–Trinajstić information content (AvgIpc) is 3.84. The first-order valence-electron chi connectivity index (χ1n) is 23.7. The van der Waals surface area contributed by atoms with Crippen LogP contribution < -0.4 is 0 Å². The van der Waals surface area contributed by atoms with Gasteiger partial charge in [0, 0.05) is 27.3 Å². The molecule has 2 nitrogen and oxygen atoms in total. The average molecular weight is 865 g/mol. The highest BCUT2D eigenvalue weighted by Crippen LogP contribution is 2.50. The fraction of sp³-hybridized carbons (Fsp3) is 0.0455. The van der Waals surface area contributed by atoms with Crippen molar-refractivity contribution >= 4 is 64.9 Å². The summed E-state index contributed by atoms with van der Waals surface area (Å²) in [5.41, 5.74) is 17.7. The SMILES string of the molecule is CC1(C)c2ccccc2-c2cc(-c3ccc4c5ccccc5c5cc6c(cc5c4c3)c3cc(-c4ccc5ccccc5c4)ccc3n6-c3cc(-c4ccccc4)nc(-c4ccccc4)c3)ccc21. The van der Waals surface area contributed by atoms with E-state index in [0.717, 1.165) is 39.2 Å². The predicted molar refractivity (Wildman–Crippen MR) is 288 cm³/mol. The minimum Gasteiger partial charge on any atom is -0.309 e. The number of fused-ring (bicyclic) bond motifs is 13. The van der Waals surface area contributed by atoms with Gasteiger partial charge in [-0.2, -0.15) is 0 Å². The van der Waals surface area contributed by atoms with E-state index in [1.165, 1.54) is 98.4 Å². The molecule has 0 spiro atoms. The van der Waals surface area contributed by atoms with Gasteiger partial charge in [-0.15, -0.1) is 0 Å². The first kappa shape index (κ1) is 38.7. The number of benzene rings is 11. The summed E-state index contributed by atoms with van der Waals surface area (Å²) in [5.74, 6) is 0. The maximum absolute atomic E-state index is 5.30. The summed E-state index contributed by atoms with van der Waals surface area (Å²) in [6, 6.07) is 85.3. The Kier molecular flexibility index (Phi) is 8.36. The third-order valence-electron chi connectivity index (χ3n) is 14.9. The molecule has 13 aromatic rings. The third-order valence-corrected chi connectivity index (χ3v) is 14.9. The van der Waals surface area contributed by atoms with Crippen molar-refractivity contribution in [3.05, 3.63) is 242 Å². The lowest BCUT2D eigenvalue weighted by Crippen LogP contribution is -2.14. The molecule has 68 heavy (non-hydrogen) atoms. The zero-order valence-electron chi connectivity index (χ0n) is 37.8. The fourth-order valence-corrected chi connectivity index (χ4v) is 11.5. The van der Waals surface area contributed by atoms with Crippen LogP contribution >= 0.6 is 0 Å². The number of aromatic nitrogens is 2. The van der Waals surface area contributed by atoms with Gasteiger partial charge in [0.15, 0.2) is 0 Å². The Morgan fingerprint density at radius 2 is 0.824 bits per heavy atom. The number of pyridine rings is 1. The Morgan fingerprint density at radius 3 is 1.59 bits per heavy atom. The Balaban J connectivity index is 1.06. The van der Waals surface area contributed by atoms with Crippen LogP contribution in [0.25, 0.3) is 126 Å². The molecule has 318 valence electrons. The van der Waals surface area contributed by atoms with E-state index in [4.69, 9.17) is 4.98 Å². The van der Waals surface area contributed by atoms with Crippen LogP contribution in [0.4, 0.5) is 0 Å². The molecule has 0 atom stereocenters. The number of nitrogens with zero attached hydrogens (tertiary/aromatic N) is 2. The highest BCUT2D eigenvalue weighted by atomic mass is 15.0. The first-order chi connectivity index (χ1) is 33.4. The van der Waals surface area contributed by atoms with Gasteiger partial charge in [0.25, 0.3) is 0 Å². The molecule has 0 radical (unpaired) electrons. The highest BCUT2D eigenvalue weighted by Gasteiger charge is 2.35. The van der Waals surface area contributed by atoms with E-state index in [0.29, 0.717) is 0 Å². The quantitative estimate of drug-likeness (QED) is 0.158. The van der Waals surface area contributed by atoms with Gasteiger partial charge in [-0.3, -0.25) is 0 Å². The van der Waals surface area contributed by atoms with Crippen LogP contribution in [0.5, 0.6) is 0 Å². The van der Waals surface area contributed by atoms with Crippen molar-refractivity contribution in [1.82, 2.24) is 9.55 Å². The van der Waals surface area contributed by atoms with Gasteiger partial charge in [0.1, 0.15) is 0 Å². The van der Waals surface area contributed by atoms with Gasteiger partial charge in [0.2, 0.25) is 0 Å². The zero-order valence-corrected chi connectivity index (χ0v) is 37.8. The fourth-order valence-electron chi connectivity index (χ4n) is 11.5. The second-order valence-corrected chi connectivity index (χ2v) is 19.1. The Labute approximate surface area is 395 Å². The van der Waals surface area contributed by atoms with Crippen molar-refractivity contribution in [2.75, 3.05) is 0 Å². The van der Waals surface area contributed by atoms with Crippen molar-refractivity contribution in [2.24, 2.45) is 0 Å². The van der Waals surface area contributed by atoms with Gasteiger partial charge >= 0.3 is 0 Å². The van der Waals surface area contributed by atoms with Crippen LogP contribution in [0.1, 0.15) is 25.0 Å². The minimum absolute atomic E-state index is 0.0375. The second-order valence-electron chi connectivity index (χ2n) is 19.1. The van der Waals surface area contributed by atoms with Crippen molar-refractivity contribution < 1.29 is 0 Å². The summed E-state index contributed by atoms with van der Waals surface area (Å²) in [6.45, 7) is 4.71. The van der Waals surface area contributed by atoms with Crippen LogP contribution in [-0.2, 0) is 5.41 Å². The summed E-state index contributed by atoms with van der Waals surface area (Å²) in [6.07, 6.45) is 0. The number of hydrogen-bond donors (Lipinski definition) is 0. The maximum Gasteiger partial charge on any atom is 0.0730 e. The highest BCUT2D eigenvalue weighted by molar-refractivity contribution is 6.29. The van der Waals surface area contributed by atoms with Crippen molar-refractivity contribution in [1.29, 1.82) is 0 Å². The second kappa shape index (κ2) is 14.7. The van der Waals surface area contributed by atoms with Gasteiger partial charge in [0.05, 0.1) is 28.1 Å². The summed E-state index contributed by atoms with van der Waals surface area (Å²) in [4.78, 5) is 5.30. The van der Waals surface area contributed by atoms with Crippen molar-refractivity contribution in [2.45, 2.75) is 19.3 Å². The maximum atomic E-state index is 5.30. The molecular weight excluding hydrogens is 821 g/mol. The number of hydrogen-bond acceptors (Lipinski definition) is 1. The van der Waals surface area contributed by atoms with Crippen molar-refractivity contribution in [3.63, 3.8) is 0 Å². The molecule has 0 bridgehead atoms. The molecule has 0 unspecified atom stereocenters. The molecule has 0 saturated carbocycles. The minimum atomic E-state index is -0.0375. The Morgan fingerprint density at radius 1 is 0.309 bits per heavy atom. The molecule has 2 heteroatoms. The lowest BCUT2D eigenvalue weighted by Gasteiger charge is -2.21. The van der Waals surface area contributed by atoms with E-state index in [1.807, 2.05) is 0 Å². The van der Waals surface area contributed by atoms with E-state index < -0.39 is 0 Å². The van der Waals surface area contributed by atoms with E-state index >= 15 is 0 Å². The van der Waals surface area contributed by atoms with E-state index in [2.05, 4.69) is 249 Å². The molecule has 0 amide bonds. The monoisotopic (exact) mass is 864 g/mol. The van der Waals surface area contributed by atoms with Gasteiger partial charge < -0.3 is 4.57 Å². The van der Waals surface area contributed by atoms with Crippen LogP contribution in [0, 0.1) is 0 Å². The summed E-state index contributed by atoms with van der Waals surface area (Å²) in [5, 5.41) is 12.4. The predicted octanol–water partition coefficient (Wildman–Crippen LogP) is 17.8. The topological polar surface area (TPSA) is 17.8 Å². The van der Waals surface area contributed by atoms with Gasteiger partial charge in [-0.1, -0.05) is 190 Å². The van der Waals surface area contributed by atoms with E-state index in [1.54, 1.807) is 0 Å². The van der Waals surface area contributed by atoms with E-state index in [-0.39, 0.29) is 5.41 Å². The molecule has 1 aliphatic rings. The third kappa shape index (κ3) is 5.87. The zero-order chi connectivity index (χ0) is 45.1. The summed E-state index contributed by atoms with van der Waals surface area (Å²) < 4.78 is 2.48.